The van der Waals surface area contributed by atoms with Gasteiger partial charge in [-0.3, -0.25) is 0 Å². The predicted molar refractivity (Wildman–Crippen MR) is 110 cm³/mol. The molecule has 9 heteroatoms. The third kappa shape index (κ3) is 4.34. The quantitative estimate of drug-likeness (QED) is 0.534. The van der Waals surface area contributed by atoms with E-state index in [1.54, 1.807) is 29.5 Å². The Labute approximate surface area is 169 Å². The highest BCUT2D eigenvalue weighted by Crippen LogP contribution is 2.32. The molecule has 2 heterocycles. The van der Waals surface area contributed by atoms with Gasteiger partial charge in [0.05, 0.1) is 17.2 Å². The highest BCUT2D eigenvalue weighted by atomic mass is 79.9. The van der Waals surface area contributed by atoms with Crippen molar-refractivity contribution < 1.29 is 13.2 Å². The third-order valence-electron chi connectivity index (χ3n) is 3.54. The van der Waals surface area contributed by atoms with Gasteiger partial charge in [0.2, 0.25) is 10.0 Å². The van der Waals surface area contributed by atoms with E-state index in [1.807, 2.05) is 31.4 Å². The molecule has 0 fully saturated rings. The molecule has 0 saturated carbocycles. The first-order valence-corrected chi connectivity index (χ1v) is 11.8. The molecule has 1 N–H and O–H groups in total. The number of nitrogens with one attached hydrogen (secondary N) is 1. The van der Waals surface area contributed by atoms with Gasteiger partial charge >= 0.3 is 0 Å². The molecule has 0 spiro atoms. The summed E-state index contributed by atoms with van der Waals surface area (Å²) in [5.41, 5.74) is 0.834. The Kier molecular flexibility index (Phi) is 6.13. The molecule has 0 aliphatic heterocycles. The number of benzene rings is 1. The lowest BCUT2D eigenvalue weighted by atomic mass is 10.3. The van der Waals surface area contributed by atoms with E-state index in [2.05, 4.69) is 25.6 Å². The summed E-state index contributed by atoms with van der Waals surface area (Å²) in [5, 5.41) is 2.90. The Bertz CT molecular complexity index is 998. The van der Waals surface area contributed by atoms with Crippen LogP contribution in [-0.2, 0) is 16.6 Å². The van der Waals surface area contributed by atoms with Gasteiger partial charge in [0.15, 0.2) is 0 Å². The van der Waals surface area contributed by atoms with Crippen LogP contribution in [0.25, 0.3) is 9.88 Å². The molecule has 3 rings (SSSR count). The molecule has 0 amide bonds. The van der Waals surface area contributed by atoms with Crippen LogP contribution in [0.4, 0.5) is 0 Å². The fourth-order valence-corrected chi connectivity index (χ4v) is 5.87. The summed E-state index contributed by atoms with van der Waals surface area (Å²) in [7, 11) is -3.72. The summed E-state index contributed by atoms with van der Waals surface area (Å²) in [4.78, 5) is 6.64. The van der Waals surface area contributed by atoms with Gasteiger partial charge in [0, 0.05) is 15.9 Å². The van der Waals surface area contributed by atoms with Crippen molar-refractivity contribution >= 4 is 48.6 Å². The smallest absolute Gasteiger partial charge is 0.244 e. The number of thiazole rings is 1. The number of aryl methyl sites for hydroxylation is 1. The summed E-state index contributed by atoms with van der Waals surface area (Å²) in [6, 6.07) is 8.93. The van der Waals surface area contributed by atoms with E-state index >= 15 is 0 Å². The van der Waals surface area contributed by atoms with Crippen molar-refractivity contribution in [3.05, 3.63) is 50.8 Å². The van der Waals surface area contributed by atoms with Crippen molar-refractivity contribution in [3.63, 3.8) is 0 Å². The normalized spacial score (nSPS) is 11.7. The molecule has 3 aromatic rings. The monoisotopic (exact) mass is 472 g/mol. The number of nitrogens with zero attached hydrogens (tertiary/aromatic N) is 1. The number of thiophene rings is 1. The number of hydrogen-bond donors (Lipinski definition) is 1. The Balaban J connectivity index is 1.82. The molecule has 26 heavy (non-hydrogen) atoms. The van der Waals surface area contributed by atoms with Crippen LogP contribution in [-0.4, -0.2) is 20.0 Å². The Morgan fingerprint density at radius 1 is 1.31 bits per heavy atom. The molecule has 138 valence electrons. The molecular weight excluding hydrogens is 456 g/mol. The van der Waals surface area contributed by atoms with Gasteiger partial charge in [-0.25, -0.2) is 18.1 Å². The van der Waals surface area contributed by atoms with Crippen molar-refractivity contribution in [1.29, 1.82) is 0 Å². The number of ether oxygens (including phenoxy) is 1. The maximum atomic E-state index is 12.8. The average Bonchev–Trinajstić information content (AvgIpc) is 3.24. The summed E-state index contributed by atoms with van der Waals surface area (Å²) in [5.74, 6) is 0.337. The second-order valence-electron chi connectivity index (χ2n) is 5.35. The molecule has 0 atom stereocenters. The van der Waals surface area contributed by atoms with Crippen molar-refractivity contribution in [1.82, 2.24) is 9.71 Å². The van der Waals surface area contributed by atoms with Crippen molar-refractivity contribution in [3.8, 4) is 15.6 Å². The lowest BCUT2D eigenvalue weighted by Gasteiger charge is -2.12. The molecule has 0 saturated heterocycles. The number of rotatable bonds is 7. The van der Waals surface area contributed by atoms with Gasteiger partial charge in [0.25, 0.3) is 0 Å². The summed E-state index contributed by atoms with van der Waals surface area (Å²) in [6.45, 7) is 4.29. The fourth-order valence-electron chi connectivity index (χ4n) is 2.30. The van der Waals surface area contributed by atoms with E-state index in [0.29, 0.717) is 16.8 Å². The molecule has 2 aromatic heterocycles. The van der Waals surface area contributed by atoms with Crippen molar-refractivity contribution in [2.24, 2.45) is 0 Å². The Morgan fingerprint density at radius 2 is 2.12 bits per heavy atom. The van der Waals surface area contributed by atoms with Crippen LogP contribution in [0.2, 0.25) is 0 Å². The predicted octanol–water partition coefficient (Wildman–Crippen LogP) is 4.82. The van der Waals surface area contributed by atoms with Crippen molar-refractivity contribution in [2.45, 2.75) is 25.3 Å². The molecule has 0 aliphatic rings. The van der Waals surface area contributed by atoms with E-state index < -0.39 is 10.0 Å². The molecule has 0 unspecified atom stereocenters. The highest BCUT2D eigenvalue weighted by Gasteiger charge is 2.21. The van der Waals surface area contributed by atoms with Gasteiger partial charge < -0.3 is 4.74 Å². The second-order valence-corrected chi connectivity index (χ2v) is 10.0. The molecule has 5 nitrogen and oxygen atoms in total. The first-order valence-electron chi connectivity index (χ1n) is 7.83. The zero-order valence-electron chi connectivity index (χ0n) is 14.2. The minimum absolute atomic E-state index is 0.120. The number of halogens is 1. The van der Waals surface area contributed by atoms with Gasteiger partial charge in [-0.2, -0.15) is 0 Å². The SMILES string of the molecule is CCOc1ccc(Br)cc1S(=O)(=O)NCc1sc(-c2cccs2)nc1C. The molecule has 0 aliphatic carbocycles. The van der Waals surface area contributed by atoms with Gasteiger partial charge in [-0.05, 0) is 43.5 Å². The maximum Gasteiger partial charge on any atom is 0.244 e. The zero-order valence-corrected chi connectivity index (χ0v) is 18.2. The number of aromatic nitrogens is 1. The third-order valence-corrected chi connectivity index (χ3v) is 7.65. The van der Waals surface area contributed by atoms with Gasteiger partial charge in [0.1, 0.15) is 15.7 Å². The van der Waals surface area contributed by atoms with Crippen LogP contribution >= 0.6 is 38.6 Å². The fraction of sp³-hybridized carbons (Fsp3) is 0.235. The second kappa shape index (κ2) is 8.18. The molecule has 1 aromatic carbocycles. The lowest BCUT2D eigenvalue weighted by Crippen LogP contribution is -2.23. The van der Waals surface area contributed by atoms with Crippen LogP contribution in [0.15, 0.2) is 45.1 Å². The van der Waals surface area contributed by atoms with E-state index in [-0.39, 0.29) is 11.4 Å². The standard InChI is InChI=1S/C17H17BrN2O3S3/c1-3-23-13-7-6-12(18)9-16(13)26(21,22)19-10-15-11(2)20-17(25-15)14-5-4-8-24-14/h4-9,19H,3,10H2,1-2H3. The van der Waals surface area contributed by atoms with Crippen LogP contribution < -0.4 is 9.46 Å². The van der Waals surface area contributed by atoms with E-state index in [0.717, 1.165) is 20.5 Å². The van der Waals surface area contributed by atoms with Gasteiger partial charge in [-0.15, -0.1) is 22.7 Å². The maximum absolute atomic E-state index is 12.8. The lowest BCUT2D eigenvalue weighted by molar-refractivity contribution is 0.331. The van der Waals surface area contributed by atoms with Crippen LogP contribution in [0, 0.1) is 6.92 Å². The van der Waals surface area contributed by atoms with Gasteiger partial charge in [-0.1, -0.05) is 22.0 Å². The highest BCUT2D eigenvalue weighted by molar-refractivity contribution is 9.10. The van der Waals surface area contributed by atoms with E-state index in [4.69, 9.17) is 4.74 Å². The minimum Gasteiger partial charge on any atom is -0.492 e. The average molecular weight is 473 g/mol. The Morgan fingerprint density at radius 3 is 2.81 bits per heavy atom. The van der Waals surface area contributed by atoms with Crippen LogP contribution in [0.5, 0.6) is 5.75 Å². The molecule has 0 radical (unpaired) electrons. The zero-order chi connectivity index (χ0) is 18.7. The first-order chi connectivity index (χ1) is 12.4. The number of sulfonamides is 1. The molecular formula is C17H17BrN2O3S3. The van der Waals surface area contributed by atoms with E-state index in [9.17, 15) is 8.42 Å². The summed E-state index contributed by atoms with van der Waals surface area (Å²) in [6.07, 6.45) is 0. The number of hydrogen-bond acceptors (Lipinski definition) is 6. The van der Waals surface area contributed by atoms with Crippen molar-refractivity contribution in [2.75, 3.05) is 6.61 Å². The summed E-state index contributed by atoms with van der Waals surface area (Å²) >= 11 is 6.44. The minimum atomic E-state index is -3.72. The first kappa shape index (κ1) is 19.5. The molecule has 0 bridgehead atoms. The van der Waals surface area contributed by atoms with Crippen LogP contribution in [0.3, 0.4) is 0 Å². The largest absolute Gasteiger partial charge is 0.492 e. The van der Waals surface area contributed by atoms with Crippen LogP contribution in [0.1, 0.15) is 17.5 Å². The van der Waals surface area contributed by atoms with E-state index in [1.165, 1.54) is 11.3 Å². The topological polar surface area (TPSA) is 68.3 Å². The summed E-state index contributed by atoms with van der Waals surface area (Å²) < 4.78 is 34.3. The Hall–Kier alpha value is -1.26.